The lowest BCUT2D eigenvalue weighted by Crippen LogP contribution is -2.29. The standard InChI is InChI=1S/C30H32F2N4O4/c1-17-8-11-35(15-17)29(38)23-16-36-27(18(23)2)24(7-10-34-36)40-21-4-5-22-25(12-21)39-19(3)26(22)28(37)33-14-20-6-9-30(31,32)13-20/h4-5,7,10,12,16-17,20H,6,8-9,11,13-15H2,1-3H3,(H,33,37). The fourth-order valence-electron chi connectivity index (χ4n) is 6.02. The van der Waals surface area contributed by atoms with Gasteiger partial charge in [0.05, 0.1) is 17.3 Å². The first-order chi connectivity index (χ1) is 19.1. The van der Waals surface area contributed by atoms with E-state index >= 15 is 0 Å². The summed E-state index contributed by atoms with van der Waals surface area (Å²) in [6.07, 6.45) is 4.44. The highest BCUT2D eigenvalue weighted by molar-refractivity contribution is 6.07. The van der Waals surface area contributed by atoms with Crippen molar-refractivity contribution in [1.82, 2.24) is 19.8 Å². The molecule has 1 N–H and O–H groups in total. The van der Waals surface area contributed by atoms with Crippen LogP contribution in [0.15, 0.2) is 41.1 Å². The molecule has 1 aliphatic carbocycles. The number of nitrogens with one attached hydrogen (secondary N) is 1. The Labute approximate surface area is 230 Å². The second-order valence-corrected chi connectivity index (χ2v) is 11.3. The van der Waals surface area contributed by atoms with E-state index < -0.39 is 5.92 Å². The van der Waals surface area contributed by atoms with Crippen LogP contribution in [0.3, 0.4) is 0 Å². The first-order valence-corrected chi connectivity index (χ1v) is 13.7. The smallest absolute Gasteiger partial charge is 0.255 e. The number of hydrogen-bond donors (Lipinski definition) is 1. The molecule has 3 aromatic heterocycles. The normalized spacial score (nSPS) is 20.5. The molecule has 1 aliphatic heterocycles. The Balaban J connectivity index is 1.23. The quantitative estimate of drug-likeness (QED) is 0.312. The molecule has 2 unspecified atom stereocenters. The second-order valence-electron chi connectivity index (χ2n) is 11.3. The molecule has 2 fully saturated rings. The van der Waals surface area contributed by atoms with Gasteiger partial charge in [0, 0.05) is 56.2 Å². The summed E-state index contributed by atoms with van der Waals surface area (Å²) in [6, 6.07) is 6.96. The van der Waals surface area contributed by atoms with Crippen LogP contribution in [0.25, 0.3) is 16.5 Å². The van der Waals surface area contributed by atoms with E-state index in [2.05, 4.69) is 17.3 Å². The number of benzene rings is 1. The largest absolute Gasteiger partial charge is 0.460 e. The first kappa shape index (κ1) is 26.3. The lowest BCUT2D eigenvalue weighted by molar-refractivity contribution is 0.00503. The molecule has 0 bridgehead atoms. The summed E-state index contributed by atoms with van der Waals surface area (Å²) in [5, 5.41) is 7.81. The number of hydrogen-bond acceptors (Lipinski definition) is 5. The highest BCUT2D eigenvalue weighted by Crippen LogP contribution is 2.39. The average Bonchev–Trinajstić information content (AvgIpc) is 3.66. The summed E-state index contributed by atoms with van der Waals surface area (Å²) >= 11 is 0. The molecule has 0 radical (unpaired) electrons. The SMILES string of the molecule is Cc1oc2cc(Oc3ccnn4cc(C(=O)N5CCC(C)C5)c(C)c34)ccc2c1C(=O)NCC1CCC(F)(F)C1. The van der Waals surface area contributed by atoms with Crippen LogP contribution in [0, 0.1) is 25.7 Å². The van der Waals surface area contributed by atoms with E-state index in [0.29, 0.717) is 57.2 Å². The topological polar surface area (TPSA) is 89.1 Å². The number of alkyl halides is 2. The van der Waals surface area contributed by atoms with Gasteiger partial charge in [-0.25, -0.2) is 13.3 Å². The molecule has 40 heavy (non-hydrogen) atoms. The van der Waals surface area contributed by atoms with Gasteiger partial charge in [-0.3, -0.25) is 9.59 Å². The summed E-state index contributed by atoms with van der Waals surface area (Å²) in [5.41, 5.74) is 2.96. The molecule has 8 nitrogen and oxygen atoms in total. The predicted octanol–water partition coefficient (Wildman–Crippen LogP) is 6.14. The molecule has 4 aromatic rings. The molecule has 210 valence electrons. The predicted molar refractivity (Wildman–Crippen MR) is 145 cm³/mol. The number of furan rings is 1. The maximum atomic E-state index is 13.5. The third kappa shape index (κ3) is 4.80. The molecule has 10 heteroatoms. The van der Waals surface area contributed by atoms with Gasteiger partial charge in [0.1, 0.15) is 22.6 Å². The summed E-state index contributed by atoms with van der Waals surface area (Å²) in [4.78, 5) is 28.0. The van der Waals surface area contributed by atoms with E-state index in [-0.39, 0.29) is 37.1 Å². The summed E-state index contributed by atoms with van der Waals surface area (Å²) < 4.78 is 40.8. The number of rotatable bonds is 6. The van der Waals surface area contributed by atoms with Crippen molar-refractivity contribution in [2.75, 3.05) is 19.6 Å². The maximum absolute atomic E-state index is 13.5. The number of carbonyl (C=O) groups is 2. The Bertz CT molecular complexity index is 1620. The third-order valence-electron chi connectivity index (χ3n) is 8.18. The van der Waals surface area contributed by atoms with Gasteiger partial charge in [-0.15, -0.1) is 0 Å². The van der Waals surface area contributed by atoms with Crippen LogP contribution < -0.4 is 10.1 Å². The Morgan fingerprint density at radius 3 is 2.77 bits per heavy atom. The number of ether oxygens (including phenoxy) is 1. The van der Waals surface area contributed by atoms with Crippen LogP contribution in [-0.4, -0.2) is 51.9 Å². The Hall–Kier alpha value is -3.95. The summed E-state index contributed by atoms with van der Waals surface area (Å²) in [7, 11) is 0. The fourth-order valence-corrected chi connectivity index (χ4v) is 6.02. The Kier molecular flexibility index (Phi) is 6.51. The number of carbonyl (C=O) groups excluding carboxylic acids is 2. The van der Waals surface area contributed by atoms with Crippen LogP contribution in [0.4, 0.5) is 8.78 Å². The highest BCUT2D eigenvalue weighted by atomic mass is 19.3. The number of fused-ring (bicyclic) bond motifs is 2. The van der Waals surface area contributed by atoms with Crippen LogP contribution in [0.1, 0.15) is 64.6 Å². The van der Waals surface area contributed by atoms with E-state index in [0.717, 1.165) is 25.1 Å². The van der Waals surface area contributed by atoms with E-state index in [9.17, 15) is 18.4 Å². The van der Waals surface area contributed by atoms with Gasteiger partial charge in [-0.05, 0) is 56.2 Å². The van der Waals surface area contributed by atoms with Gasteiger partial charge in [0.25, 0.3) is 11.8 Å². The zero-order valence-corrected chi connectivity index (χ0v) is 22.8. The van der Waals surface area contributed by atoms with E-state index in [1.807, 2.05) is 11.8 Å². The summed E-state index contributed by atoms with van der Waals surface area (Å²) in [5.74, 6) is -1.26. The van der Waals surface area contributed by atoms with Crippen LogP contribution >= 0.6 is 0 Å². The first-order valence-electron chi connectivity index (χ1n) is 13.7. The average molecular weight is 551 g/mol. The van der Waals surface area contributed by atoms with Crippen molar-refractivity contribution in [3.63, 3.8) is 0 Å². The molecule has 2 amide bonds. The summed E-state index contributed by atoms with van der Waals surface area (Å²) in [6.45, 7) is 7.46. The second kappa shape index (κ2) is 9.91. The van der Waals surface area contributed by atoms with Gasteiger partial charge in [-0.1, -0.05) is 6.92 Å². The monoisotopic (exact) mass is 550 g/mol. The van der Waals surface area contributed by atoms with Crippen molar-refractivity contribution in [3.8, 4) is 11.5 Å². The fraction of sp³-hybridized carbons (Fsp3) is 0.433. The minimum atomic E-state index is -2.65. The number of aromatic nitrogens is 2. The molecule has 4 heterocycles. The number of halogens is 2. The molecular weight excluding hydrogens is 518 g/mol. The van der Waals surface area contributed by atoms with E-state index in [1.54, 1.807) is 48.1 Å². The number of likely N-dealkylation sites (tertiary alicyclic amines) is 1. The van der Waals surface area contributed by atoms with E-state index in [4.69, 9.17) is 9.15 Å². The molecule has 6 rings (SSSR count). The van der Waals surface area contributed by atoms with Crippen molar-refractivity contribution in [3.05, 3.63) is 59.1 Å². The number of nitrogens with zero attached hydrogens (tertiary/aromatic N) is 3. The number of aryl methyl sites for hydroxylation is 2. The molecule has 1 saturated carbocycles. The van der Waals surface area contributed by atoms with Crippen molar-refractivity contribution in [1.29, 1.82) is 0 Å². The van der Waals surface area contributed by atoms with Crippen LogP contribution in [0.5, 0.6) is 11.5 Å². The van der Waals surface area contributed by atoms with Crippen molar-refractivity contribution >= 4 is 28.3 Å². The zero-order chi connectivity index (χ0) is 28.2. The van der Waals surface area contributed by atoms with Gasteiger partial charge in [0.15, 0.2) is 5.75 Å². The van der Waals surface area contributed by atoms with Gasteiger partial charge in [-0.2, -0.15) is 5.10 Å². The highest BCUT2D eigenvalue weighted by Gasteiger charge is 2.39. The minimum absolute atomic E-state index is 0.00164. The minimum Gasteiger partial charge on any atom is -0.460 e. The molecule has 1 aromatic carbocycles. The molecule has 2 aliphatic rings. The Morgan fingerprint density at radius 1 is 1.23 bits per heavy atom. The van der Waals surface area contributed by atoms with E-state index in [1.165, 1.54) is 0 Å². The van der Waals surface area contributed by atoms with Crippen LogP contribution in [-0.2, 0) is 0 Å². The third-order valence-corrected chi connectivity index (χ3v) is 8.18. The lowest BCUT2D eigenvalue weighted by atomic mass is 10.1. The van der Waals surface area contributed by atoms with Gasteiger partial charge >= 0.3 is 0 Å². The van der Waals surface area contributed by atoms with Gasteiger partial charge < -0.3 is 19.4 Å². The zero-order valence-electron chi connectivity index (χ0n) is 22.8. The molecule has 2 atom stereocenters. The molecule has 0 spiro atoms. The maximum Gasteiger partial charge on any atom is 0.255 e. The van der Waals surface area contributed by atoms with Crippen molar-refractivity contribution in [2.45, 2.75) is 52.4 Å². The van der Waals surface area contributed by atoms with Crippen molar-refractivity contribution in [2.24, 2.45) is 11.8 Å². The Morgan fingerprint density at radius 2 is 2.05 bits per heavy atom. The number of amides is 2. The van der Waals surface area contributed by atoms with Gasteiger partial charge in [0.2, 0.25) is 5.92 Å². The lowest BCUT2D eigenvalue weighted by Gasteiger charge is -2.15. The van der Waals surface area contributed by atoms with Crippen LogP contribution in [0.2, 0.25) is 0 Å². The molecule has 1 saturated heterocycles. The van der Waals surface area contributed by atoms with Crippen molar-refractivity contribution < 1.29 is 27.5 Å². The molecular formula is C30H32F2N4O4.